The van der Waals surface area contributed by atoms with Crippen LogP contribution in [0.5, 0.6) is 0 Å². The number of amides is 1. The summed E-state index contributed by atoms with van der Waals surface area (Å²) in [4.78, 5) is 27.1. The van der Waals surface area contributed by atoms with Crippen LogP contribution in [0.1, 0.15) is 57.1 Å². The van der Waals surface area contributed by atoms with Gasteiger partial charge < -0.3 is 20.3 Å². The highest BCUT2D eigenvalue weighted by atomic mass is 19.3. The normalized spacial score (nSPS) is 18.6. The highest BCUT2D eigenvalue weighted by Crippen LogP contribution is 2.32. The van der Waals surface area contributed by atoms with Gasteiger partial charge in [0, 0.05) is 17.5 Å². The van der Waals surface area contributed by atoms with E-state index >= 15 is 0 Å². The van der Waals surface area contributed by atoms with Crippen LogP contribution in [0.4, 0.5) is 34.0 Å². The zero-order valence-electron chi connectivity index (χ0n) is 21.7. The van der Waals surface area contributed by atoms with Crippen molar-refractivity contribution in [2.24, 2.45) is 0 Å². The van der Waals surface area contributed by atoms with E-state index in [1.165, 1.54) is 18.3 Å². The van der Waals surface area contributed by atoms with Crippen LogP contribution < -0.4 is 15.5 Å². The number of carbonyl (C=O) groups excluding carboxylic acids is 1. The number of anilines is 2. The van der Waals surface area contributed by atoms with Crippen LogP contribution in [-0.4, -0.2) is 51.9 Å². The van der Waals surface area contributed by atoms with Crippen LogP contribution in [-0.2, 0) is 4.74 Å². The monoisotopic (exact) mass is 534 g/mol. The molecule has 1 saturated heterocycles. The number of hydrogen-bond acceptors (Lipinski definition) is 7. The predicted molar refractivity (Wildman–Crippen MR) is 136 cm³/mol. The molecular weight excluding hydrogens is 504 g/mol. The second-order valence-electron chi connectivity index (χ2n) is 10.3. The van der Waals surface area contributed by atoms with E-state index < -0.39 is 47.8 Å². The van der Waals surface area contributed by atoms with E-state index in [4.69, 9.17) is 4.74 Å². The van der Waals surface area contributed by atoms with E-state index in [9.17, 15) is 22.4 Å². The SMILES string of the molecule is Cc1nc(N[C@H](C)c2cccc(C(F)F)c2F)c2cc(N3C[C@H](NC(=O)OC(C)(C)C)[C@@H](F)C3)ncc2n1. The van der Waals surface area contributed by atoms with E-state index in [0.29, 0.717) is 28.4 Å². The maximum absolute atomic E-state index is 14.8. The van der Waals surface area contributed by atoms with Gasteiger partial charge in [-0.05, 0) is 40.7 Å². The van der Waals surface area contributed by atoms with Crippen molar-refractivity contribution in [3.8, 4) is 0 Å². The molecule has 0 radical (unpaired) electrons. The molecule has 1 amide bonds. The Morgan fingerprint density at radius 1 is 1.18 bits per heavy atom. The number of alkyl halides is 3. The molecule has 8 nitrogen and oxygen atoms in total. The third-order valence-electron chi connectivity index (χ3n) is 6.07. The Hall–Kier alpha value is -3.70. The van der Waals surface area contributed by atoms with Crippen molar-refractivity contribution in [1.29, 1.82) is 0 Å². The summed E-state index contributed by atoms with van der Waals surface area (Å²) in [5.74, 6) is 0.234. The lowest BCUT2D eigenvalue weighted by atomic mass is 10.0. The zero-order chi connectivity index (χ0) is 27.8. The summed E-state index contributed by atoms with van der Waals surface area (Å²) in [5.41, 5.74) is -0.818. The fourth-order valence-corrected chi connectivity index (χ4v) is 4.32. The van der Waals surface area contributed by atoms with Crippen LogP contribution >= 0.6 is 0 Å². The van der Waals surface area contributed by atoms with Gasteiger partial charge in [-0.25, -0.2) is 37.3 Å². The number of nitrogens with zero attached hydrogens (tertiary/aromatic N) is 4. The summed E-state index contributed by atoms with van der Waals surface area (Å²) in [5, 5.41) is 6.21. The van der Waals surface area contributed by atoms with E-state index in [0.717, 1.165) is 6.07 Å². The smallest absolute Gasteiger partial charge is 0.408 e. The number of pyridine rings is 1. The molecule has 38 heavy (non-hydrogen) atoms. The maximum atomic E-state index is 14.8. The molecule has 0 spiro atoms. The molecule has 12 heteroatoms. The van der Waals surface area contributed by atoms with Gasteiger partial charge in [-0.3, -0.25) is 0 Å². The molecule has 1 aliphatic rings. The molecule has 0 aliphatic carbocycles. The van der Waals surface area contributed by atoms with E-state index in [1.807, 2.05) is 0 Å². The molecule has 2 N–H and O–H groups in total. The molecule has 1 aliphatic heterocycles. The first-order valence-corrected chi connectivity index (χ1v) is 12.2. The number of aryl methyl sites for hydroxylation is 1. The summed E-state index contributed by atoms with van der Waals surface area (Å²) in [6.45, 7) is 8.65. The minimum absolute atomic E-state index is 0.00349. The van der Waals surface area contributed by atoms with Crippen molar-refractivity contribution < 1.29 is 27.1 Å². The van der Waals surface area contributed by atoms with Crippen molar-refractivity contribution in [2.45, 2.75) is 64.9 Å². The van der Waals surface area contributed by atoms with Gasteiger partial charge in [0.2, 0.25) is 0 Å². The fourth-order valence-electron chi connectivity index (χ4n) is 4.32. The Morgan fingerprint density at radius 3 is 2.58 bits per heavy atom. The number of carbonyl (C=O) groups is 1. The van der Waals surface area contributed by atoms with E-state index in [2.05, 4.69) is 25.6 Å². The van der Waals surface area contributed by atoms with Crippen LogP contribution in [0.15, 0.2) is 30.5 Å². The number of rotatable bonds is 6. The average molecular weight is 535 g/mol. The van der Waals surface area contributed by atoms with Crippen LogP contribution in [0.3, 0.4) is 0 Å². The topological polar surface area (TPSA) is 92.3 Å². The number of aromatic nitrogens is 3. The van der Waals surface area contributed by atoms with Crippen molar-refractivity contribution in [3.63, 3.8) is 0 Å². The Bertz CT molecular complexity index is 1330. The zero-order valence-corrected chi connectivity index (χ0v) is 21.7. The average Bonchev–Trinajstić information content (AvgIpc) is 3.17. The third kappa shape index (κ3) is 6.05. The molecule has 204 valence electrons. The summed E-state index contributed by atoms with van der Waals surface area (Å²) in [6.07, 6.45) is -3.47. The number of alkyl carbamates (subject to hydrolysis) is 1. The summed E-state index contributed by atoms with van der Waals surface area (Å²) < 4.78 is 61.2. The van der Waals surface area contributed by atoms with E-state index in [1.54, 1.807) is 45.6 Å². The molecule has 0 saturated carbocycles. The first-order valence-electron chi connectivity index (χ1n) is 12.2. The Morgan fingerprint density at radius 2 is 1.89 bits per heavy atom. The molecule has 2 aromatic heterocycles. The molecule has 4 rings (SSSR count). The molecule has 0 unspecified atom stereocenters. The van der Waals surface area contributed by atoms with Crippen LogP contribution in [0.2, 0.25) is 0 Å². The lowest BCUT2D eigenvalue weighted by Crippen LogP contribution is -2.44. The molecule has 3 heterocycles. The second-order valence-corrected chi connectivity index (χ2v) is 10.3. The van der Waals surface area contributed by atoms with Crippen LogP contribution in [0.25, 0.3) is 10.9 Å². The van der Waals surface area contributed by atoms with E-state index in [-0.39, 0.29) is 18.7 Å². The molecule has 3 aromatic rings. The predicted octanol–water partition coefficient (Wildman–Crippen LogP) is 5.63. The highest BCUT2D eigenvalue weighted by Gasteiger charge is 2.36. The molecule has 1 aromatic carbocycles. The molecular formula is C26H30F4N6O2. The Labute approximate surface area is 217 Å². The quantitative estimate of drug-likeness (QED) is 0.396. The lowest BCUT2D eigenvalue weighted by Gasteiger charge is -2.22. The maximum Gasteiger partial charge on any atom is 0.408 e. The number of fused-ring (bicyclic) bond motifs is 1. The number of nitrogens with one attached hydrogen (secondary N) is 2. The third-order valence-corrected chi connectivity index (χ3v) is 6.07. The summed E-state index contributed by atoms with van der Waals surface area (Å²) >= 11 is 0. The van der Waals surface area contributed by atoms with Crippen LogP contribution in [0, 0.1) is 12.7 Å². The largest absolute Gasteiger partial charge is 0.444 e. The fraction of sp³-hybridized carbons (Fsp3) is 0.462. The first-order chi connectivity index (χ1) is 17.8. The van der Waals surface area contributed by atoms with Crippen molar-refractivity contribution >= 4 is 28.6 Å². The molecule has 1 fully saturated rings. The Kier molecular flexibility index (Phi) is 7.61. The second kappa shape index (κ2) is 10.6. The van der Waals surface area contributed by atoms with Crippen molar-refractivity contribution in [2.75, 3.05) is 23.3 Å². The molecule has 0 bridgehead atoms. The minimum atomic E-state index is -2.94. The van der Waals surface area contributed by atoms with Gasteiger partial charge in [0.1, 0.15) is 35.1 Å². The highest BCUT2D eigenvalue weighted by molar-refractivity contribution is 5.90. The number of benzene rings is 1. The number of halogens is 4. The van der Waals surface area contributed by atoms with Gasteiger partial charge in [-0.2, -0.15) is 0 Å². The van der Waals surface area contributed by atoms with Gasteiger partial charge in [-0.1, -0.05) is 18.2 Å². The Balaban J connectivity index is 1.58. The lowest BCUT2D eigenvalue weighted by molar-refractivity contribution is 0.0490. The van der Waals surface area contributed by atoms with Gasteiger partial charge in [0.25, 0.3) is 6.43 Å². The van der Waals surface area contributed by atoms with Crippen molar-refractivity contribution in [1.82, 2.24) is 20.3 Å². The summed E-state index contributed by atoms with van der Waals surface area (Å²) in [7, 11) is 0. The summed E-state index contributed by atoms with van der Waals surface area (Å²) in [6, 6.07) is 4.05. The number of ether oxygens (including phenoxy) is 1. The van der Waals surface area contributed by atoms with Gasteiger partial charge in [0.15, 0.2) is 0 Å². The number of hydrogen-bond donors (Lipinski definition) is 2. The van der Waals surface area contributed by atoms with Gasteiger partial charge >= 0.3 is 6.09 Å². The van der Waals surface area contributed by atoms with Crippen molar-refractivity contribution in [3.05, 3.63) is 53.2 Å². The van der Waals surface area contributed by atoms with Gasteiger partial charge in [0.05, 0.1) is 35.9 Å². The standard InChI is InChI=1S/C26H30F4N6O2/c1-13(15-7-6-8-16(22(15)28)23(29)30)32-24-17-9-21(31-10-19(17)33-14(2)34-24)36-11-18(27)20(12-36)35-25(37)38-26(3,4)5/h6-10,13,18,20,23H,11-12H2,1-5H3,(H,35,37)(H,32,33,34)/t13-,18+,20+/m1/s1. The van der Waals surface area contributed by atoms with Gasteiger partial charge in [-0.15, -0.1) is 0 Å². The molecule has 3 atom stereocenters. The first kappa shape index (κ1) is 27.3. The minimum Gasteiger partial charge on any atom is -0.444 e.